The largest absolute Gasteiger partial charge is 0.362 e. The molecule has 204 valence electrons. The molecule has 0 saturated heterocycles. The van der Waals surface area contributed by atoms with Crippen molar-refractivity contribution in [2.24, 2.45) is 0 Å². The third-order valence-corrected chi connectivity index (χ3v) is 7.87. The van der Waals surface area contributed by atoms with Gasteiger partial charge < -0.3 is 10.2 Å². The van der Waals surface area contributed by atoms with Gasteiger partial charge in [0.15, 0.2) is 0 Å². The minimum Gasteiger partial charge on any atom is -0.362 e. The molecule has 3 aromatic carbocycles. The predicted molar refractivity (Wildman–Crippen MR) is 154 cm³/mol. The van der Waals surface area contributed by atoms with Gasteiger partial charge in [-0.25, -0.2) is 19.1 Å². The fourth-order valence-electron chi connectivity index (χ4n) is 4.49. The van der Waals surface area contributed by atoms with Gasteiger partial charge in [-0.2, -0.15) is 0 Å². The molecule has 4 rings (SSSR count). The molecule has 6 nitrogen and oxygen atoms in total. The first-order valence-electron chi connectivity index (χ1n) is 12.5. The molecule has 0 aliphatic heterocycles. The van der Waals surface area contributed by atoms with Crippen LogP contribution in [0.2, 0.25) is 0 Å². The van der Waals surface area contributed by atoms with Crippen molar-refractivity contribution in [3.05, 3.63) is 107 Å². The lowest BCUT2D eigenvalue weighted by Crippen LogP contribution is -2.27. The molecular weight excluding hydrogens is 518 g/mol. The zero-order valence-corrected chi connectivity index (χ0v) is 23.2. The first kappa shape index (κ1) is 28.2. The Hall–Kier alpha value is -3.79. The molecule has 39 heavy (non-hydrogen) atoms. The number of benzene rings is 3. The first-order chi connectivity index (χ1) is 18.8. The third kappa shape index (κ3) is 7.00. The van der Waals surface area contributed by atoms with Crippen molar-refractivity contribution in [1.82, 2.24) is 10.4 Å². The molecule has 1 aromatic heterocycles. The molecule has 0 saturated carbocycles. The van der Waals surface area contributed by atoms with Gasteiger partial charge in [0, 0.05) is 42.8 Å². The van der Waals surface area contributed by atoms with Crippen LogP contribution in [0, 0.1) is 18.6 Å². The smallest absolute Gasteiger partial charge is 0.343 e. The van der Waals surface area contributed by atoms with E-state index in [0.29, 0.717) is 12.2 Å². The molecule has 4 aromatic rings. The van der Waals surface area contributed by atoms with Crippen molar-refractivity contribution < 1.29 is 18.4 Å². The van der Waals surface area contributed by atoms with Crippen LogP contribution in [0.1, 0.15) is 22.3 Å². The molecule has 0 aliphatic rings. The topological polar surface area (TPSA) is 56.8 Å². The molecule has 0 spiro atoms. The third-order valence-electron chi connectivity index (χ3n) is 6.37. The number of rotatable bonds is 10. The minimum atomic E-state index is -0.556. The van der Waals surface area contributed by atoms with E-state index in [1.165, 1.54) is 30.9 Å². The number of carbonyl (C=O) groups excluding carboxylic acids is 1. The maximum atomic E-state index is 14.4. The standard InChI is InChI=1S/C30H32F2N4O2S/c1-20-24(18-35(2)17-21-9-6-5-7-10-21)28(22-13-15-23(16-14-22)33-30(37)34-38-4)39-29(20)36(3)19-25-26(31)11-8-12-27(25)32/h5-16H,17-19H2,1-4H3,(H2,33,34,37). The SMILES string of the molecule is CONC(=O)Nc1ccc(-c2sc(N(C)Cc3c(F)cccc3F)c(C)c2CN(C)Cc2ccccc2)cc1. The van der Waals surface area contributed by atoms with Gasteiger partial charge >= 0.3 is 6.03 Å². The Morgan fingerprint density at radius 3 is 2.18 bits per heavy atom. The number of hydrogen-bond donors (Lipinski definition) is 2. The van der Waals surface area contributed by atoms with E-state index in [9.17, 15) is 13.6 Å². The van der Waals surface area contributed by atoms with E-state index in [0.717, 1.165) is 33.1 Å². The lowest BCUT2D eigenvalue weighted by molar-refractivity contribution is 0.114. The van der Waals surface area contributed by atoms with Crippen LogP contribution in [0.25, 0.3) is 10.4 Å². The molecule has 0 fully saturated rings. The van der Waals surface area contributed by atoms with E-state index < -0.39 is 17.7 Å². The number of halogens is 2. The summed E-state index contributed by atoms with van der Waals surface area (Å²) in [4.78, 5) is 21.7. The van der Waals surface area contributed by atoms with Crippen molar-refractivity contribution in [2.45, 2.75) is 26.6 Å². The lowest BCUT2D eigenvalue weighted by atomic mass is 10.0. The van der Waals surface area contributed by atoms with Crippen molar-refractivity contribution >= 4 is 28.1 Å². The van der Waals surface area contributed by atoms with Crippen LogP contribution in [0.15, 0.2) is 72.8 Å². The Kier molecular flexibility index (Phi) is 9.29. The van der Waals surface area contributed by atoms with Gasteiger partial charge in [0.2, 0.25) is 0 Å². The number of carbonyl (C=O) groups is 1. The van der Waals surface area contributed by atoms with Gasteiger partial charge in [-0.15, -0.1) is 11.3 Å². The van der Waals surface area contributed by atoms with Crippen LogP contribution in [-0.2, 0) is 24.5 Å². The molecule has 1 heterocycles. The van der Waals surface area contributed by atoms with Crippen LogP contribution in [0.4, 0.5) is 24.3 Å². The van der Waals surface area contributed by atoms with Gasteiger partial charge in [-0.05, 0) is 60.5 Å². The summed E-state index contributed by atoms with van der Waals surface area (Å²) in [6, 6.07) is 21.3. The molecule has 2 amide bonds. The zero-order valence-electron chi connectivity index (χ0n) is 22.4. The van der Waals surface area contributed by atoms with E-state index in [1.807, 2.05) is 54.4 Å². The number of hydrogen-bond acceptors (Lipinski definition) is 5. The highest BCUT2D eigenvalue weighted by Gasteiger charge is 2.22. The van der Waals surface area contributed by atoms with Crippen LogP contribution < -0.4 is 15.7 Å². The minimum absolute atomic E-state index is 0.0434. The summed E-state index contributed by atoms with van der Waals surface area (Å²) >= 11 is 1.59. The van der Waals surface area contributed by atoms with E-state index in [2.05, 4.69) is 46.6 Å². The van der Waals surface area contributed by atoms with Crippen LogP contribution >= 0.6 is 11.3 Å². The summed E-state index contributed by atoms with van der Waals surface area (Å²) in [6.45, 7) is 3.62. The monoisotopic (exact) mass is 550 g/mol. The quantitative estimate of drug-likeness (QED) is 0.210. The lowest BCUT2D eigenvalue weighted by Gasteiger charge is -2.21. The normalized spacial score (nSPS) is 11.1. The molecule has 0 radical (unpaired) electrons. The highest BCUT2D eigenvalue weighted by molar-refractivity contribution is 7.19. The summed E-state index contributed by atoms with van der Waals surface area (Å²) in [5.41, 5.74) is 7.31. The van der Waals surface area contributed by atoms with Crippen molar-refractivity contribution in [3.8, 4) is 10.4 Å². The second kappa shape index (κ2) is 12.8. The Labute approximate surface area is 231 Å². The molecular formula is C30H32F2N4O2S. The molecule has 0 unspecified atom stereocenters. The van der Waals surface area contributed by atoms with Gasteiger partial charge in [-0.1, -0.05) is 48.5 Å². The first-order valence-corrected chi connectivity index (χ1v) is 13.3. The summed E-state index contributed by atoms with van der Waals surface area (Å²) in [5.74, 6) is -1.11. The Morgan fingerprint density at radius 1 is 0.872 bits per heavy atom. The second-order valence-corrected chi connectivity index (χ2v) is 10.4. The number of anilines is 2. The van der Waals surface area contributed by atoms with Gasteiger partial charge in [0.05, 0.1) is 12.1 Å². The summed E-state index contributed by atoms with van der Waals surface area (Å²) < 4.78 is 28.8. The molecule has 0 bridgehead atoms. The maximum absolute atomic E-state index is 14.4. The number of nitrogens with zero attached hydrogens (tertiary/aromatic N) is 2. The maximum Gasteiger partial charge on any atom is 0.343 e. The highest BCUT2D eigenvalue weighted by Crippen LogP contribution is 2.43. The average Bonchev–Trinajstić information content (AvgIpc) is 3.23. The Bertz CT molecular complexity index is 1390. The molecule has 9 heteroatoms. The summed E-state index contributed by atoms with van der Waals surface area (Å²) in [5, 5.41) is 3.65. The van der Waals surface area contributed by atoms with Gasteiger partial charge in [0.25, 0.3) is 0 Å². The highest BCUT2D eigenvalue weighted by atomic mass is 32.1. The van der Waals surface area contributed by atoms with Gasteiger partial charge in [0.1, 0.15) is 11.6 Å². The predicted octanol–water partition coefficient (Wildman–Crippen LogP) is 6.95. The van der Waals surface area contributed by atoms with E-state index in [1.54, 1.807) is 11.3 Å². The van der Waals surface area contributed by atoms with Gasteiger partial charge in [-0.3, -0.25) is 9.74 Å². The Balaban J connectivity index is 1.66. The molecule has 2 N–H and O–H groups in total. The Morgan fingerprint density at radius 2 is 1.54 bits per heavy atom. The fraction of sp³-hybridized carbons (Fsp3) is 0.233. The summed E-state index contributed by atoms with van der Waals surface area (Å²) in [6.07, 6.45) is 0. The van der Waals surface area contributed by atoms with Crippen LogP contribution in [0.3, 0.4) is 0 Å². The fourth-order valence-corrected chi connectivity index (χ4v) is 5.77. The zero-order chi connectivity index (χ0) is 27.9. The molecule has 0 atom stereocenters. The second-order valence-electron chi connectivity index (χ2n) is 9.39. The van der Waals surface area contributed by atoms with Crippen LogP contribution in [0.5, 0.6) is 0 Å². The number of nitrogens with one attached hydrogen (secondary N) is 2. The molecule has 0 aliphatic carbocycles. The number of urea groups is 1. The van der Waals surface area contributed by atoms with Crippen molar-refractivity contribution in [2.75, 3.05) is 31.4 Å². The number of hydroxylamine groups is 1. The number of amides is 2. The van der Waals surface area contributed by atoms with Crippen molar-refractivity contribution in [3.63, 3.8) is 0 Å². The van der Waals surface area contributed by atoms with Crippen LogP contribution in [-0.4, -0.2) is 32.1 Å². The van der Waals surface area contributed by atoms with E-state index in [-0.39, 0.29) is 12.1 Å². The van der Waals surface area contributed by atoms with E-state index in [4.69, 9.17) is 0 Å². The summed E-state index contributed by atoms with van der Waals surface area (Å²) in [7, 11) is 5.30. The average molecular weight is 551 g/mol. The van der Waals surface area contributed by atoms with E-state index >= 15 is 0 Å². The number of thiophene rings is 1. The van der Waals surface area contributed by atoms with Crippen molar-refractivity contribution in [1.29, 1.82) is 0 Å².